The highest BCUT2D eigenvalue weighted by Gasteiger charge is 2.19. The van der Waals surface area contributed by atoms with E-state index in [1.54, 1.807) is 0 Å². The Morgan fingerprint density at radius 1 is 0.875 bits per heavy atom. The molecule has 1 aromatic carbocycles. The van der Waals surface area contributed by atoms with E-state index >= 15 is 0 Å². The second-order valence-corrected chi connectivity index (χ2v) is 8.15. The molecule has 1 heterocycles. The molecule has 0 saturated heterocycles. The first-order valence-electron chi connectivity index (χ1n) is 6.36. The van der Waals surface area contributed by atoms with E-state index in [2.05, 4.69) is 4.98 Å². The van der Waals surface area contributed by atoms with Crippen molar-refractivity contribution in [2.45, 2.75) is 0 Å². The number of hydrogen-bond donors (Lipinski definition) is 6. The lowest BCUT2D eigenvalue weighted by Gasteiger charge is -2.11. The van der Waals surface area contributed by atoms with Crippen LogP contribution in [0.5, 0.6) is 0 Å². The molecule has 128 valence electrons. The third kappa shape index (κ3) is 4.68. The van der Waals surface area contributed by atoms with Gasteiger partial charge in [0, 0.05) is 10.9 Å². The molecule has 1 aromatic heterocycles. The first-order valence-corrected chi connectivity index (χ1v) is 10.0. The van der Waals surface area contributed by atoms with E-state index in [9.17, 15) is 18.7 Å². The van der Waals surface area contributed by atoms with Crippen LogP contribution in [0.1, 0.15) is 20.8 Å². The van der Waals surface area contributed by atoms with E-state index < -0.39 is 27.0 Å². The number of benzene rings is 1. The standard InChI is InChI=1S/C11H15N7O4P2/c12-23(13,21)17-10(19)7-2-1-3-8-6(7)4-5-9(16-8)11(20)18-24(14,15)22/h1-5H,(H5,12,13,17,19,21)(H5,14,15,18,20,22). The molecule has 0 unspecified atom stereocenters. The van der Waals surface area contributed by atoms with Crippen LogP contribution in [0.3, 0.4) is 0 Å². The average Bonchev–Trinajstić information content (AvgIpc) is 2.42. The predicted molar refractivity (Wildman–Crippen MR) is 88.6 cm³/mol. The second kappa shape index (κ2) is 6.40. The minimum atomic E-state index is -3.76. The van der Waals surface area contributed by atoms with Gasteiger partial charge in [0.1, 0.15) is 5.69 Å². The lowest BCUT2D eigenvalue weighted by atomic mass is 10.1. The van der Waals surface area contributed by atoms with E-state index in [1.165, 1.54) is 30.3 Å². The van der Waals surface area contributed by atoms with Crippen LogP contribution in [0.2, 0.25) is 0 Å². The van der Waals surface area contributed by atoms with E-state index in [0.717, 1.165) is 0 Å². The van der Waals surface area contributed by atoms with Crippen molar-refractivity contribution >= 4 is 37.9 Å². The van der Waals surface area contributed by atoms with Crippen molar-refractivity contribution in [1.29, 1.82) is 0 Å². The van der Waals surface area contributed by atoms with Gasteiger partial charge in [-0.1, -0.05) is 6.07 Å². The summed E-state index contributed by atoms with van der Waals surface area (Å²) in [7, 11) is -7.52. The summed E-state index contributed by atoms with van der Waals surface area (Å²) in [4.78, 5) is 28.0. The van der Waals surface area contributed by atoms with E-state index in [1.807, 2.05) is 10.2 Å². The molecular weight excluding hydrogens is 356 g/mol. The van der Waals surface area contributed by atoms with Crippen molar-refractivity contribution in [2.24, 2.45) is 22.0 Å². The molecule has 24 heavy (non-hydrogen) atoms. The van der Waals surface area contributed by atoms with Gasteiger partial charge in [0.05, 0.1) is 5.52 Å². The van der Waals surface area contributed by atoms with E-state index in [-0.39, 0.29) is 16.8 Å². The number of rotatable bonds is 4. The van der Waals surface area contributed by atoms with Crippen LogP contribution in [-0.4, -0.2) is 16.8 Å². The molecule has 2 amide bonds. The van der Waals surface area contributed by atoms with Crippen LogP contribution in [0.4, 0.5) is 0 Å². The number of pyridine rings is 1. The van der Waals surface area contributed by atoms with Gasteiger partial charge < -0.3 is 0 Å². The van der Waals surface area contributed by atoms with Gasteiger partial charge in [-0.2, -0.15) is 0 Å². The Kier molecular flexibility index (Phi) is 4.86. The summed E-state index contributed by atoms with van der Waals surface area (Å²) in [6, 6.07) is 7.21. The number of aromatic nitrogens is 1. The Balaban J connectivity index is 2.42. The third-order valence-corrected chi connectivity index (χ3v) is 3.87. The number of nitrogens with zero attached hydrogens (tertiary/aromatic N) is 1. The molecule has 0 bridgehead atoms. The molecule has 10 N–H and O–H groups in total. The number of fused-ring (bicyclic) bond motifs is 1. The molecule has 13 heteroatoms. The Morgan fingerprint density at radius 2 is 1.46 bits per heavy atom. The van der Waals surface area contributed by atoms with E-state index in [4.69, 9.17) is 22.0 Å². The molecule has 11 nitrogen and oxygen atoms in total. The topological polar surface area (TPSA) is 209 Å². The van der Waals surface area contributed by atoms with Crippen molar-refractivity contribution in [3.8, 4) is 0 Å². The van der Waals surface area contributed by atoms with Gasteiger partial charge in [-0.05, 0) is 24.3 Å². The van der Waals surface area contributed by atoms with Crippen LogP contribution in [-0.2, 0) is 9.13 Å². The molecule has 2 aromatic rings. The molecule has 2 rings (SSSR count). The fourth-order valence-corrected chi connectivity index (χ4v) is 2.78. The SMILES string of the molecule is NP(N)(=O)NC(=O)c1ccc2c(C(=O)NP(N)(N)=O)cccc2n1. The summed E-state index contributed by atoms with van der Waals surface area (Å²) in [6.45, 7) is 0. The summed E-state index contributed by atoms with van der Waals surface area (Å²) in [5, 5.41) is 4.28. The zero-order valence-electron chi connectivity index (χ0n) is 12.2. The van der Waals surface area contributed by atoms with Gasteiger partial charge in [-0.25, -0.2) is 4.98 Å². The normalized spacial score (nSPS) is 12.0. The first kappa shape index (κ1) is 18.2. The summed E-state index contributed by atoms with van der Waals surface area (Å²) in [5.41, 5.74) is 20.7. The highest BCUT2D eigenvalue weighted by atomic mass is 31.2. The number of nitrogens with one attached hydrogen (secondary N) is 2. The third-order valence-electron chi connectivity index (χ3n) is 2.76. The number of carbonyl (C=O) groups is 2. The fraction of sp³-hybridized carbons (Fsp3) is 0. The molecule has 0 radical (unpaired) electrons. The minimum Gasteiger partial charge on any atom is -0.279 e. The van der Waals surface area contributed by atoms with Gasteiger partial charge in [0.15, 0.2) is 0 Å². The second-order valence-electron chi connectivity index (χ2n) is 4.87. The lowest BCUT2D eigenvalue weighted by Crippen LogP contribution is -2.29. The highest BCUT2D eigenvalue weighted by Crippen LogP contribution is 2.23. The number of amides is 2. The minimum absolute atomic E-state index is 0.0977. The molecular formula is C11H15N7O4P2. The summed E-state index contributed by atoms with van der Waals surface area (Å²) in [6.07, 6.45) is 0. The van der Waals surface area contributed by atoms with Crippen molar-refractivity contribution in [3.63, 3.8) is 0 Å². The van der Waals surface area contributed by atoms with Crippen LogP contribution >= 0.6 is 15.2 Å². The number of carbonyl (C=O) groups excluding carboxylic acids is 2. The smallest absolute Gasteiger partial charge is 0.279 e. The molecule has 0 spiro atoms. The summed E-state index contributed by atoms with van der Waals surface area (Å²) < 4.78 is 22.5. The van der Waals surface area contributed by atoms with Gasteiger partial charge in [0.25, 0.3) is 11.8 Å². The maximum absolute atomic E-state index is 12.1. The molecule has 0 aliphatic carbocycles. The van der Waals surface area contributed by atoms with Crippen LogP contribution < -0.4 is 32.2 Å². The van der Waals surface area contributed by atoms with Crippen LogP contribution in [0.25, 0.3) is 10.9 Å². The summed E-state index contributed by atoms with van der Waals surface area (Å²) in [5.74, 6) is -1.57. The zero-order chi connectivity index (χ0) is 18.1. The predicted octanol–water partition coefficient (Wildman–Crippen LogP) is -0.255. The van der Waals surface area contributed by atoms with Gasteiger partial charge in [-0.3, -0.25) is 50.9 Å². The highest BCUT2D eigenvalue weighted by molar-refractivity contribution is 7.58. The zero-order valence-corrected chi connectivity index (χ0v) is 14.0. The van der Waals surface area contributed by atoms with Crippen molar-refractivity contribution in [2.75, 3.05) is 0 Å². The Hall–Kier alpha value is -2.13. The van der Waals surface area contributed by atoms with Crippen molar-refractivity contribution in [3.05, 3.63) is 41.6 Å². The maximum Gasteiger partial charge on any atom is 0.300 e. The molecule has 0 fully saturated rings. The summed E-state index contributed by atoms with van der Waals surface area (Å²) >= 11 is 0. The Bertz CT molecular complexity index is 920. The largest absolute Gasteiger partial charge is 0.300 e. The van der Waals surface area contributed by atoms with Crippen LogP contribution in [0.15, 0.2) is 30.3 Å². The quantitative estimate of drug-likeness (QED) is 0.390. The first-order chi connectivity index (χ1) is 11.0. The molecule has 0 atom stereocenters. The number of nitrogens with two attached hydrogens (primary N) is 4. The van der Waals surface area contributed by atoms with E-state index in [0.29, 0.717) is 5.39 Å². The monoisotopic (exact) mass is 371 g/mol. The van der Waals surface area contributed by atoms with Crippen molar-refractivity contribution < 1.29 is 18.7 Å². The average molecular weight is 371 g/mol. The van der Waals surface area contributed by atoms with Gasteiger partial charge in [0.2, 0.25) is 0 Å². The van der Waals surface area contributed by atoms with Gasteiger partial charge in [-0.15, -0.1) is 0 Å². The number of hydrogen-bond acceptors (Lipinski definition) is 5. The molecule has 0 saturated carbocycles. The maximum atomic E-state index is 12.1. The Labute approximate surface area is 136 Å². The van der Waals surface area contributed by atoms with Gasteiger partial charge >= 0.3 is 15.2 Å². The molecule has 0 aliphatic heterocycles. The fourth-order valence-electron chi connectivity index (χ4n) is 1.91. The van der Waals surface area contributed by atoms with Crippen LogP contribution in [0, 0.1) is 0 Å². The Morgan fingerprint density at radius 3 is 2.04 bits per heavy atom. The van der Waals surface area contributed by atoms with Crippen molar-refractivity contribution in [1.82, 2.24) is 15.2 Å². The lowest BCUT2D eigenvalue weighted by molar-refractivity contribution is 0.0970. The molecule has 0 aliphatic rings.